The fraction of sp³-hybridized carbons (Fsp3) is 0.556. The van der Waals surface area contributed by atoms with E-state index < -0.39 is 0 Å². The lowest BCUT2D eigenvalue weighted by Crippen LogP contribution is -2.40. The number of benzene rings is 1. The van der Waals surface area contributed by atoms with Gasteiger partial charge in [-0.3, -0.25) is 4.79 Å². The maximum absolute atomic E-state index is 11.9. The number of esters is 1. The van der Waals surface area contributed by atoms with Crippen LogP contribution in [0.4, 0.5) is 0 Å². The van der Waals surface area contributed by atoms with Gasteiger partial charge in [0.15, 0.2) is 5.96 Å². The molecule has 0 saturated carbocycles. The van der Waals surface area contributed by atoms with E-state index in [2.05, 4.69) is 54.6 Å². The Balaban J connectivity index is 0.00000312. The normalized spacial score (nSPS) is 20.2. The quantitative estimate of drug-likeness (QED) is 0.232. The number of hydrogen-bond acceptors (Lipinski definition) is 4. The zero-order valence-electron chi connectivity index (χ0n) is 15.3. The number of rotatable bonds is 5. The van der Waals surface area contributed by atoms with Crippen molar-refractivity contribution in [3.05, 3.63) is 29.8 Å². The molecule has 1 aromatic rings. The highest BCUT2D eigenvalue weighted by Gasteiger charge is 2.36. The van der Waals surface area contributed by atoms with Crippen LogP contribution >= 0.6 is 35.7 Å². The number of ether oxygens (including phenoxy) is 1. The molecule has 5 nitrogen and oxygen atoms in total. The molecule has 1 aromatic carbocycles. The highest BCUT2D eigenvalue weighted by Crippen LogP contribution is 2.24. The smallest absolute Gasteiger partial charge is 0.310 e. The molecule has 140 valence electrons. The molecule has 0 bridgehead atoms. The van der Waals surface area contributed by atoms with E-state index in [9.17, 15) is 4.79 Å². The number of methoxy groups -OCH3 is 1. The van der Waals surface area contributed by atoms with Crippen molar-refractivity contribution in [1.29, 1.82) is 0 Å². The second-order valence-electron chi connectivity index (χ2n) is 6.03. The molecular formula is C18H28IN3O2S. The molecular weight excluding hydrogens is 449 g/mol. The lowest BCUT2D eigenvalue weighted by molar-refractivity contribution is -0.145. The van der Waals surface area contributed by atoms with E-state index in [4.69, 9.17) is 9.73 Å². The number of carbonyl (C=O) groups excluding carboxylic acids is 1. The van der Waals surface area contributed by atoms with Gasteiger partial charge in [-0.15, -0.1) is 35.7 Å². The monoisotopic (exact) mass is 477 g/mol. The summed E-state index contributed by atoms with van der Waals surface area (Å²) >= 11 is 1.74. The van der Waals surface area contributed by atoms with E-state index in [-0.39, 0.29) is 41.8 Å². The number of halogens is 1. The molecule has 25 heavy (non-hydrogen) atoms. The Morgan fingerprint density at radius 2 is 2.04 bits per heavy atom. The van der Waals surface area contributed by atoms with Gasteiger partial charge in [0.05, 0.1) is 19.6 Å². The summed E-state index contributed by atoms with van der Waals surface area (Å²) < 4.78 is 4.92. The van der Waals surface area contributed by atoms with Gasteiger partial charge >= 0.3 is 5.97 Å². The first-order chi connectivity index (χ1) is 11.6. The van der Waals surface area contributed by atoms with Crippen molar-refractivity contribution in [2.45, 2.75) is 25.3 Å². The Kier molecular flexibility index (Phi) is 9.63. The molecule has 1 heterocycles. The summed E-state index contributed by atoms with van der Waals surface area (Å²) in [4.78, 5) is 20.0. The first kappa shape index (κ1) is 22.1. The standard InChI is InChI=1S/C18H27N3O2S.HI/c1-5-19-18(20-10-14-6-8-15(24-4)9-7-14)21-11-13(2)16(12-21)17(22)23-3;/h6-9,13,16H,5,10-12H2,1-4H3,(H,19,20);1H. The summed E-state index contributed by atoms with van der Waals surface area (Å²) in [6, 6.07) is 8.47. The van der Waals surface area contributed by atoms with Gasteiger partial charge in [-0.1, -0.05) is 19.1 Å². The van der Waals surface area contributed by atoms with E-state index in [0.717, 1.165) is 19.0 Å². The van der Waals surface area contributed by atoms with Crippen LogP contribution in [-0.2, 0) is 16.1 Å². The molecule has 1 saturated heterocycles. The molecule has 0 aliphatic carbocycles. The van der Waals surface area contributed by atoms with Crippen molar-refractivity contribution < 1.29 is 9.53 Å². The maximum atomic E-state index is 11.9. The Morgan fingerprint density at radius 3 is 2.60 bits per heavy atom. The Labute approximate surface area is 172 Å². The van der Waals surface area contributed by atoms with Gasteiger partial charge < -0.3 is 15.0 Å². The van der Waals surface area contributed by atoms with Crippen molar-refractivity contribution in [2.24, 2.45) is 16.8 Å². The lowest BCUT2D eigenvalue weighted by Gasteiger charge is -2.21. The van der Waals surface area contributed by atoms with Crippen LogP contribution in [0.15, 0.2) is 34.2 Å². The van der Waals surface area contributed by atoms with Crippen molar-refractivity contribution in [3.63, 3.8) is 0 Å². The number of nitrogens with zero attached hydrogens (tertiary/aromatic N) is 2. The number of carbonyl (C=O) groups is 1. The summed E-state index contributed by atoms with van der Waals surface area (Å²) in [6.07, 6.45) is 2.07. The average Bonchev–Trinajstić information content (AvgIpc) is 3.00. The number of nitrogens with one attached hydrogen (secondary N) is 1. The van der Waals surface area contributed by atoms with Gasteiger partial charge in [-0.2, -0.15) is 0 Å². The molecule has 7 heteroatoms. The third-order valence-electron chi connectivity index (χ3n) is 4.32. The van der Waals surface area contributed by atoms with Gasteiger partial charge in [0.25, 0.3) is 0 Å². The molecule has 1 aliphatic heterocycles. The topological polar surface area (TPSA) is 53.9 Å². The predicted molar refractivity (Wildman–Crippen MR) is 115 cm³/mol. The van der Waals surface area contributed by atoms with Gasteiger partial charge in [-0.05, 0) is 36.8 Å². The zero-order valence-corrected chi connectivity index (χ0v) is 18.5. The minimum absolute atomic E-state index is 0. The molecule has 2 rings (SSSR count). The molecule has 0 amide bonds. The molecule has 2 unspecified atom stereocenters. The summed E-state index contributed by atoms with van der Waals surface area (Å²) in [7, 11) is 1.45. The van der Waals surface area contributed by atoms with Crippen LogP contribution in [0.1, 0.15) is 19.4 Å². The summed E-state index contributed by atoms with van der Waals surface area (Å²) in [5.41, 5.74) is 1.18. The molecule has 1 N–H and O–H groups in total. The summed E-state index contributed by atoms with van der Waals surface area (Å²) in [6.45, 7) is 7.05. The number of aliphatic imine (C=N–C) groups is 1. The van der Waals surface area contributed by atoms with Crippen LogP contribution in [0.25, 0.3) is 0 Å². The fourth-order valence-corrected chi connectivity index (χ4v) is 3.33. The van der Waals surface area contributed by atoms with Crippen LogP contribution in [0.3, 0.4) is 0 Å². The van der Waals surface area contributed by atoms with Crippen LogP contribution < -0.4 is 5.32 Å². The van der Waals surface area contributed by atoms with Crippen molar-refractivity contribution in [3.8, 4) is 0 Å². The lowest BCUT2D eigenvalue weighted by atomic mass is 9.99. The van der Waals surface area contributed by atoms with E-state index in [0.29, 0.717) is 13.1 Å². The average molecular weight is 477 g/mol. The molecule has 0 spiro atoms. The molecule has 0 aromatic heterocycles. The van der Waals surface area contributed by atoms with E-state index in [1.165, 1.54) is 17.6 Å². The van der Waals surface area contributed by atoms with Gasteiger partial charge in [0, 0.05) is 24.5 Å². The van der Waals surface area contributed by atoms with Gasteiger partial charge in [0.1, 0.15) is 0 Å². The van der Waals surface area contributed by atoms with Gasteiger partial charge in [0.2, 0.25) is 0 Å². The molecule has 1 fully saturated rings. The van der Waals surface area contributed by atoms with Crippen LogP contribution in [-0.4, -0.2) is 49.8 Å². The highest BCUT2D eigenvalue weighted by molar-refractivity contribution is 14.0. The number of likely N-dealkylation sites (tertiary alicyclic amines) is 1. The Hall–Kier alpha value is -0.960. The van der Waals surface area contributed by atoms with Crippen LogP contribution in [0.5, 0.6) is 0 Å². The molecule has 1 aliphatic rings. The van der Waals surface area contributed by atoms with Crippen molar-refractivity contribution in [1.82, 2.24) is 10.2 Å². The molecule has 0 radical (unpaired) electrons. The van der Waals surface area contributed by atoms with Gasteiger partial charge in [-0.25, -0.2) is 4.99 Å². The Morgan fingerprint density at radius 1 is 1.36 bits per heavy atom. The Bertz CT molecular complexity index is 580. The fourth-order valence-electron chi connectivity index (χ4n) is 2.92. The highest BCUT2D eigenvalue weighted by atomic mass is 127. The molecule has 2 atom stereocenters. The van der Waals surface area contributed by atoms with Crippen LogP contribution in [0.2, 0.25) is 0 Å². The van der Waals surface area contributed by atoms with Crippen molar-refractivity contribution in [2.75, 3.05) is 33.0 Å². The second kappa shape index (κ2) is 10.9. The minimum atomic E-state index is -0.131. The largest absolute Gasteiger partial charge is 0.469 e. The third-order valence-corrected chi connectivity index (χ3v) is 5.06. The third kappa shape index (κ3) is 6.06. The first-order valence-electron chi connectivity index (χ1n) is 8.33. The summed E-state index contributed by atoms with van der Waals surface area (Å²) in [5.74, 6) is 0.917. The summed E-state index contributed by atoms with van der Waals surface area (Å²) in [5, 5.41) is 3.34. The minimum Gasteiger partial charge on any atom is -0.469 e. The van der Waals surface area contributed by atoms with E-state index in [1.807, 2.05) is 0 Å². The van der Waals surface area contributed by atoms with Crippen molar-refractivity contribution >= 4 is 47.7 Å². The zero-order chi connectivity index (χ0) is 17.5. The SMILES string of the molecule is CCNC(=NCc1ccc(SC)cc1)N1CC(C)C(C(=O)OC)C1.I. The van der Waals surface area contributed by atoms with E-state index in [1.54, 1.807) is 11.8 Å². The number of guanidine groups is 1. The maximum Gasteiger partial charge on any atom is 0.310 e. The van der Waals surface area contributed by atoms with Crippen LogP contribution in [0, 0.1) is 11.8 Å². The van der Waals surface area contributed by atoms with E-state index >= 15 is 0 Å². The predicted octanol–water partition coefficient (Wildman–Crippen LogP) is 3.23. The second-order valence-corrected chi connectivity index (χ2v) is 6.91. The number of hydrogen-bond donors (Lipinski definition) is 1. The number of thioether (sulfide) groups is 1. The first-order valence-corrected chi connectivity index (χ1v) is 9.55.